The summed E-state index contributed by atoms with van der Waals surface area (Å²) in [5.41, 5.74) is 0. The molecule has 2 aromatic rings. The second kappa shape index (κ2) is 2.86. The van der Waals surface area contributed by atoms with Crippen LogP contribution in [0.2, 0.25) is 5.02 Å². The average molecular weight is 182 g/mol. The maximum Gasteiger partial charge on any atom is 0.157 e. The molecule has 0 unspecified atom stereocenters. The molecule has 5 nitrogen and oxygen atoms in total. The third-order valence-electron chi connectivity index (χ3n) is 1.30. The SMILES string of the molecule is Clc1ccc(-n2cnnn2)nc1. The van der Waals surface area contributed by atoms with Crippen LogP contribution in [0.15, 0.2) is 24.7 Å². The van der Waals surface area contributed by atoms with Crippen molar-refractivity contribution in [1.29, 1.82) is 0 Å². The lowest BCUT2D eigenvalue weighted by molar-refractivity contribution is 0.771. The minimum absolute atomic E-state index is 0.590. The van der Waals surface area contributed by atoms with E-state index in [-0.39, 0.29) is 0 Å². The van der Waals surface area contributed by atoms with Gasteiger partial charge in [0.25, 0.3) is 0 Å². The van der Waals surface area contributed by atoms with E-state index in [1.807, 2.05) is 0 Å². The summed E-state index contributed by atoms with van der Waals surface area (Å²) in [7, 11) is 0. The molecule has 0 fully saturated rings. The molecule has 0 N–H and O–H groups in total. The number of nitrogens with zero attached hydrogens (tertiary/aromatic N) is 5. The molecule has 0 saturated heterocycles. The Morgan fingerprint density at radius 1 is 1.33 bits per heavy atom. The van der Waals surface area contributed by atoms with Crippen molar-refractivity contribution in [3.8, 4) is 5.82 Å². The summed E-state index contributed by atoms with van der Waals surface area (Å²) in [6.07, 6.45) is 3.01. The van der Waals surface area contributed by atoms with Gasteiger partial charge in [-0.25, -0.2) is 4.98 Å². The maximum absolute atomic E-state index is 5.65. The van der Waals surface area contributed by atoms with Gasteiger partial charge in [0.1, 0.15) is 6.33 Å². The van der Waals surface area contributed by atoms with E-state index in [9.17, 15) is 0 Å². The highest BCUT2D eigenvalue weighted by Gasteiger charge is 1.97. The van der Waals surface area contributed by atoms with E-state index in [1.165, 1.54) is 11.0 Å². The summed E-state index contributed by atoms with van der Waals surface area (Å²) >= 11 is 5.65. The third kappa shape index (κ3) is 1.26. The molecule has 2 heterocycles. The third-order valence-corrected chi connectivity index (χ3v) is 1.52. The van der Waals surface area contributed by atoms with Crippen LogP contribution in [0.1, 0.15) is 0 Å². The van der Waals surface area contributed by atoms with E-state index in [0.29, 0.717) is 10.8 Å². The quantitative estimate of drug-likeness (QED) is 0.650. The molecule has 0 aliphatic carbocycles. The molecular formula is C6H4ClN5. The van der Waals surface area contributed by atoms with Crippen LogP contribution in [0.3, 0.4) is 0 Å². The highest BCUT2D eigenvalue weighted by molar-refractivity contribution is 6.30. The monoisotopic (exact) mass is 181 g/mol. The zero-order valence-corrected chi connectivity index (χ0v) is 6.68. The first-order valence-electron chi connectivity index (χ1n) is 3.21. The molecule has 0 radical (unpaired) electrons. The highest BCUT2D eigenvalue weighted by atomic mass is 35.5. The number of aromatic nitrogens is 5. The largest absolute Gasteiger partial charge is 0.235 e. The highest BCUT2D eigenvalue weighted by Crippen LogP contribution is 2.07. The Morgan fingerprint density at radius 2 is 2.25 bits per heavy atom. The summed E-state index contributed by atoms with van der Waals surface area (Å²) in [5, 5.41) is 11.2. The molecule has 0 amide bonds. The van der Waals surface area contributed by atoms with Crippen LogP contribution in [0.25, 0.3) is 5.82 Å². The molecular weight excluding hydrogens is 178 g/mol. The first kappa shape index (κ1) is 7.17. The first-order valence-corrected chi connectivity index (χ1v) is 3.59. The van der Waals surface area contributed by atoms with Gasteiger partial charge in [0.2, 0.25) is 0 Å². The van der Waals surface area contributed by atoms with E-state index >= 15 is 0 Å². The predicted octanol–water partition coefficient (Wildman–Crippen LogP) is 0.711. The molecule has 2 aromatic heterocycles. The Bertz CT molecular complexity index is 354. The van der Waals surface area contributed by atoms with E-state index < -0.39 is 0 Å². The molecule has 6 heteroatoms. The Kier molecular flexibility index (Phi) is 1.71. The standard InChI is InChI=1S/C6H4ClN5/c7-5-1-2-6(8-3-5)12-4-9-10-11-12/h1-4H. The number of hydrogen-bond acceptors (Lipinski definition) is 4. The maximum atomic E-state index is 5.65. The summed E-state index contributed by atoms with van der Waals surface area (Å²) in [6.45, 7) is 0. The second-order valence-corrected chi connectivity index (χ2v) is 2.53. The Labute approximate surface area is 73.0 Å². The molecule has 0 saturated carbocycles. The second-order valence-electron chi connectivity index (χ2n) is 2.09. The predicted molar refractivity (Wildman–Crippen MR) is 42.0 cm³/mol. The molecule has 0 bridgehead atoms. The number of hydrogen-bond donors (Lipinski definition) is 0. The van der Waals surface area contributed by atoms with Gasteiger partial charge in [-0.1, -0.05) is 11.6 Å². The molecule has 0 atom stereocenters. The van der Waals surface area contributed by atoms with E-state index in [2.05, 4.69) is 20.5 Å². The van der Waals surface area contributed by atoms with Gasteiger partial charge < -0.3 is 0 Å². The van der Waals surface area contributed by atoms with Crippen molar-refractivity contribution in [1.82, 2.24) is 25.2 Å². The lowest BCUT2D eigenvalue weighted by Crippen LogP contribution is -1.97. The smallest absolute Gasteiger partial charge is 0.157 e. The summed E-state index contributed by atoms with van der Waals surface area (Å²) in [5.74, 6) is 0.643. The fourth-order valence-corrected chi connectivity index (χ4v) is 0.882. The van der Waals surface area contributed by atoms with Gasteiger partial charge >= 0.3 is 0 Å². The number of pyridine rings is 1. The van der Waals surface area contributed by atoms with Crippen molar-refractivity contribution in [3.05, 3.63) is 29.7 Å². The fraction of sp³-hybridized carbons (Fsp3) is 0. The van der Waals surface area contributed by atoms with Crippen molar-refractivity contribution < 1.29 is 0 Å². The minimum Gasteiger partial charge on any atom is -0.235 e. The summed E-state index contributed by atoms with van der Waals surface area (Å²) in [4.78, 5) is 4.01. The Hall–Kier alpha value is -1.49. The topological polar surface area (TPSA) is 56.5 Å². The van der Waals surface area contributed by atoms with Gasteiger partial charge in [-0.15, -0.1) is 5.10 Å². The fourth-order valence-electron chi connectivity index (χ4n) is 0.770. The lowest BCUT2D eigenvalue weighted by Gasteiger charge is -1.95. The van der Waals surface area contributed by atoms with Crippen LogP contribution < -0.4 is 0 Å². The van der Waals surface area contributed by atoms with Crippen molar-refractivity contribution in [2.45, 2.75) is 0 Å². The average Bonchev–Trinajstić information content (AvgIpc) is 2.58. The van der Waals surface area contributed by atoms with Crippen molar-refractivity contribution >= 4 is 11.6 Å². The van der Waals surface area contributed by atoms with Crippen molar-refractivity contribution in [2.75, 3.05) is 0 Å². The molecule has 12 heavy (non-hydrogen) atoms. The van der Waals surface area contributed by atoms with Crippen LogP contribution in [-0.4, -0.2) is 25.2 Å². The number of tetrazole rings is 1. The molecule has 0 aliphatic heterocycles. The number of rotatable bonds is 1. The molecule has 0 spiro atoms. The van der Waals surface area contributed by atoms with Crippen molar-refractivity contribution in [2.24, 2.45) is 0 Å². The van der Waals surface area contributed by atoms with Gasteiger partial charge in [0, 0.05) is 6.20 Å². The van der Waals surface area contributed by atoms with Crippen LogP contribution in [0.5, 0.6) is 0 Å². The van der Waals surface area contributed by atoms with Crippen LogP contribution in [-0.2, 0) is 0 Å². The van der Waals surface area contributed by atoms with Crippen molar-refractivity contribution in [3.63, 3.8) is 0 Å². The van der Waals surface area contributed by atoms with Gasteiger partial charge in [0.05, 0.1) is 5.02 Å². The lowest BCUT2D eigenvalue weighted by atomic mass is 10.5. The molecule has 0 aliphatic rings. The molecule has 2 rings (SSSR count). The zero-order chi connectivity index (χ0) is 8.39. The molecule has 60 valence electrons. The molecule has 0 aromatic carbocycles. The van der Waals surface area contributed by atoms with Gasteiger partial charge in [-0.3, -0.25) is 0 Å². The van der Waals surface area contributed by atoms with Gasteiger partial charge in [-0.2, -0.15) is 4.68 Å². The van der Waals surface area contributed by atoms with Crippen LogP contribution in [0, 0.1) is 0 Å². The Morgan fingerprint density at radius 3 is 2.83 bits per heavy atom. The normalized spacial score (nSPS) is 10.1. The van der Waals surface area contributed by atoms with E-state index in [4.69, 9.17) is 11.6 Å². The van der Waals surface area contributed by atoms with Crippen LogP contribution >= 0.6 is 11.6 Å². The van der Waals surface area contributed by atoms with Gasteiger partial charge in [0.15, 0.2) is 5.82 Å². The summed E-state index contributed by atoms with van der Waals surface area (Å²) in [6, 6.07) is 3.46. The number of halogens is 1. The minimum atomic E-state index is 0.590. The van der Waals surface area contributed by atoms with Crippen LogP contribution in [0.4, 0.5) is 0 Å². The van der Waals surface area contributed by atoms with E-state index in [0.717, 1.165) is 0 Å². The van der Waals surface area contributed by atoms with E-state index in [1.54, 1.807) is 18.3 Å². The Balaban J connectivity index is 2.43. The van der Waals surface area contributed by atoms with Gasteiger partial charge in [-0.05, 0) is 22.6 Å². The summed E-state index contributed by atoms with van der Waals surface area (Å²) < 4.78 is 1.45. The first-order chi connectivity index (χ1) is 5.86. The zero-order valence-electron chi connectivity index (χ0n) is 5.92.